The molecule has 0 amide bonds. The zero-order chi connectivity index (χ0) is 18.1. The summed E-state index contributed by atoms with van der Waals surface area (Å²) in [5.74, 6) is 2.79. The van der Waals surface area contributed by atoms with Crippen LogP contribution in [-0.4, -0.2) is 59.8 Å². The van der Waals surface area contributed by atoms with Gasteiger partial charge in [-0.3, -0.25) is 4.90 Å². The van der Waals surface area contributed by atoms with Crippen molar-refractivity contribution < 1.29 is 9.52 Å². The third-order valence-electron chi connectivity index (χ3n) is 5.23. The van der Waals surface area contributed by atoms with Crippen LogP contribution in [-0.2, 0) is 19.5 Å². The molecule has 7 nitrogen and oxygen atoms in total. The molecule has 2 aromatic heterocycles. The fraction of sp³-hybridized carbons (Fsp3) is 0.579. The van der Waals surface area contributed by atoms with Gasteiger partial charge in [-0.05, 0) is 25.0 Å². The molecule has 0 aliphatic carbocycles. The number of fused-ring (bicyclic) bond motifs is 1. The minimum absolute atomic E-state index is 0.187. The molecule has 1 N–H and O–H groups in total. The number of piperidine rings is 1. The number of aromatic nitrogens is 2. The Morgan fingerprint density at radius 2 is 2.04 bits per heavy atom. The Hall–Kier alpha value is -2.12. The lowest BCUT2D eigenvalue weighted by Gasteiger charge is -2.35. The first-order valence-corrected chi connectivity index (χ1v) is 9.35. The van der Waals surface area contributed by atoms with Gasteiger partial charge in [0.15, 0.2) is 0 Å². The molecular formula is C19H27N5O2. The van der Waals surface area contributed by atoms with E-state index in [4.69, 9.17) is 14.4 Å². The van der Waals surface area contributed by atoms with Crippen LogP contribution in [0.2, 0.25) is 0 Å². The van der Waals surface area contributed by atoms with Gasteiger partial charge in [-0.1, -0.05) is 0 Å². The van der Waals surface area contributed by atoms with Gasteiger partial charge in [-0.15, -0.1) is 0 Å². The van der Waals surface area contributed by atoms with Crippen LogP contribution in [0.3, 0.4) is 0 Å². The smallest absolute Gasteiger partial charge is 0.227 e. The first-order chi connectivity index (χ1) is 12.6. The number of anilines is 2. The third-order valence-corrected chi connectivity index (χ3v) is 5.23. The van der Waals surface area contributed by atoms with Gasteiger partial charge in [0.05, 0.1) is 24.6 Å². The Bertz CT molecular complexity index is 739. The normalized spacial score (nSPS) is 18.8. The minimum atomic E-state index is -0.187. The molecule has 2 aromatic rings. The Kier molecular flexibility index (Phi) is 4.82. The van der Waals surface area contributed by atoms with Gasteiger partial charge < -0.3 is 19.3 Å². The van der Waals surface area contributed by atoms with Crippen LogP contribution in [0, 0.1) is 0 Å². The summed E-state index contributed by atoms with van der Waals surface area (Å²) in [7, 11) is 3.97. The number of hydrogen-bond donors (Lipinski definition) is 1. The highest BCUT2D eigenvalue weighted by atomic mass is 16.3. The molecule has 0 radical (unpaired) electrons. The molecule has 7 heteroatoms. The van der Waals surface area contributed by atoms with E-state index in [-0.39, 0.29) is 6.10 Å². The van der Waals surface area contributed by atoms with E-state index in [1.807, 2.05) is 31.1 Å². The van der Waals surface area contributed by atoms with Gasteiger partial charge in [0.25, 0.3) is 0 Å². The highest BCUT2D eigenvalue weighted by Gasteiger charge is 2.28. The van der Waals surface area contributed by atoms with E-state index in [9.17, 15) is 5.11 Å². The molecule has 4 rings (SSSR count). The zero-order valence-electron chi connectivity index (χ0n) is 15.6. The second-order valence-electron chi connectivity index (χ2n) is 7.43. The summed E-state index contributed by atoms with van der Waals surface area (Å²) in [5.41, 5.74) is 2.38. The monoisotopic (exact) mass is 357 g/mol. The van der Waals surface area contributed by atoms with Crippen molar-refractivity contribution in [3.63, 3.8) is 0 Å². The Balaban J connectivity index is 1.63. The number of aliphatic hydroxyl groups excluding tert-OH is 1. The van der Waals surface area contributed by atoms with Crippen molar-refractivity contribution in [2.24, 2.45) is 0 Å². The van der Waals surface area contributed by atoms with Gasteiger partial charge in [0, 0.05) is 52.3 Å². The molecule has 0 unspecified atom stereocenters. The SMILES string of the molecule is CN(C)c1nc2c(c(N3CCC(O)CC3)n1)CN(Cc1ccco1)CC2. The molecule has 4 heterocycles. The summed E-state index contributed by atoms with van der Waals surface area (Å²) in [6, 6.07) is 3.96. The number of hydrogen-bond acceptors (Lipinski definition) is 7. The van der Waals surface area contributed by atoms with E-state index in [0.29, 0.717) is 0 Å². The average Bonchev–Trinajstić information content (AvgIpc) is 3.14. The van der Waals surface area contributed by atoms with Gasteiger partial charge in [-0.2, -0.15) is 4.98 Å². The second-order valence-corrected chi connectivity index (χ2v) is 7.43. The minimum Gasteiger partial charge on any atom is -0.468 e. The van der Waals surface area contributed by atoms with Gasteiger partial charge in [0.2, 0.25) is 5.95 Å². The van der Waals surface area contributed by atoms with Crippen LogP contribution >= 0.6 is 0 Å². The van der Waals surface area contributed by atoms with Crippen molar-refractivity contribution in [3.05, 3.63) is 35.4 Å². The number of furan rings is 1. The predicted octanol–water partition coefficient (Wildman–Crippen LogP) is 1.65. The zero-order valence-corrected chi connectivity index (χ0v) is 15.6. The largest absolute Gasteiger partial charge is 0.468 e. The van der Waals surface area contributed by atoms with E-state index < -0.39 is 0 Å². The van der Waals surface area contributed by atoms with Crippen molar-refractivity contribution >= 4 is 11.8 Å². The van der Waals surface area contributed by atoms with E-state index >= 15 is 0 Å². The molecule has 2 aliphatic heterocycles. The highest BCUT2D eigenvalue weighted by molar-refractivity contribution is 5.54. The summed E-state index contributed by atoms with van der Waals surface area (Å²) in [6.45, 7) is 4.29. The summed E-state index contributed by atoms with van der Waals surface area (Å²) >= 11 is 0. The molecule has 0 atom stereocenters. The fourth-order valence-corrected chi connectivity index (χ4v) is 3.74. The molecular weight excluding hydrogens is 330 g/mol. The van der Waals surface area contributed by atoms with Crippen LogP contribution in [0.1, 0.15) is 29.9 Å². The van der Waals surface area contributed by atoms with Crippen LogP contribution < -0.4 is 9.80 Å². The summed E-state index contributed by atoms with van der Waals surface area (Å²) in [5, 5.41) is 9.85. The molecule has 0 saturated carbocycles. The average molecular weight is 357 g/mol. The number of nitrogens with zero attached hydrogens (tertiary/aromatic N) is 5. The summed E-state index contributed by atoms with van der Waals surface area (Å²) < 4.78 is 5.52. The standard InChI is InChI=1S/C19H27N5O2/c1-22(2)19-20-17-7-8-23(12-15-4-3-11-26-15)13-16(17)18(21-19)24-9-5-14(25)6-10-24/h3-4,11,14,25H,5-10,12-13H2,1-2H3. The maximum atomic E-state index is 9.85. The van der Waals surface area contributed by atoms with Crippen LogP contribution in [0.15, 0.2) is 22.8 Å². The number of aliphatic hydroxyl groups is 1. The van der Waals surface area contributed by atoms with Gasteiger partial charge in [-0.25, -0.2) is 4.98 Å². The van der Waals surface area contributed by atoms with E-state index in [2.05, 4.69) is 9.80 Å². The van der Waals surface area contributed by atoms with Gasteiger partial charge in [0.1, 0.15) is 11.6 Å². The molecule has 26 heavy (non-hydrogen) atoms. The van der Waals surface area contributed by atoms with Crippen molar-refractivity contribution in [1.82, 2.24) is 14.9 Å². The van der Waals surface area contributed by atoms with Crippen molar-refractivity contribution in [3.8, 4) is 0 Å². The Labute approximate surface area is 154 Å². The van der Waals surface area contributed by atoms with Gasteiger partial charge >= 0.3 is 0 Å². The van der Waals surface area contributed by atoms with Crippen molar-refractivity contribution in [2.75, 3.05) is 43.5 Å². The predicted molar refractivity (Wildman–Crippen MR) is 100 cm³/mol. The lowest BCUT2D eigenvalue weighted by Crippen LogP contribution is -2.39. The quantitative estimate of drug-likeness (QED) is 0.892. The molecule has 140 valence electrons. The van der Waals surface area contributed by atoms with Crippen molar-refractivity contribution in [1.29, 1.82) is 0 Å². The first-order valence-electron chi connectivity index (χ1n) is 9.35. The molecule has 0 aromatic carbocycles. The topological polar surface area (TPSA) is 68.9 Å². The molecule has 2 aliphatic rings. The first kappa shape index (κ1) is 17.3. The third kappa shape index (κ3) is 3.54. The molecule has 0 bridgehead atoms. The van der Waals surface area contributed by atoms with Crippen LogP contribution in [0.5, 0.6) is 0 Å². The molecule has 1 fully saturated rings. The Morgan fingerprint density at radius 1 is 1.23 bits per heavy atom. The highest BCUT2D eigenvalue weighted by Crippen LogP contribution is 2.31. The number of rotatable bonds is 4. The van der Waals surface area contributed by atoms with Crippen LogP contribution in [0.4, 0.5) is 11.8 Å². The Morgan fingerprint density at radius 3 is 2.73 bits per heavy atom. The molecule has 1 saturated heterocycles. The van der Waals surface area contributed by atoms with E-state index in [1.54, 1.807) is 6.26 Å². The molecule has 0 spiro atoms. The lowest BCUT2D eigenvalue weighted by molar-refractivity contribution is 0.145. The lowest BCUT2D eigenvalue weighted by atomic mass is 10.0. The fourth-order valence-electron chi connectivity index (χ4n) is 3.74. The van der Waals surface area contributed by atoms with E-state index in [1.165, 1.54) is 5.56 Å². The maximum Gasteiger partial charge on any atom is 0.227 e. The maximum absolute atomic E-state index is 9.85. The second kappa shape index (κ2) is 7.25. The van der Waals surface area contributed by atoms with Crippen molar-refractivity contribution in [2.45, 2.75) is 38.5 Å². The van der Waals surface area contributed by atoms with Crippen LogP contribution in [0.25, 0.3) is 0 Å². The summed E-state index contributed by atoms with van der Waals surface area (Å²) in [4.78, 5) is 16.4. The summed E-state index contributed by atoms with van der Waals surface area (Å²) in [6.07, 6.45) is 4.05. The van der Waals surface area contributed by atoms with E-state index in [0.717, 1.165) is 75.2 Å².